The lowest BCUT2D eigenvalue weighted by Gasteiger charge is -2.41. The molecule has 0 unspecified atom stereocenters. The first kappa shape index (κ1) is 19.6. The lowest BCUT2D eigenvalue weighted by molar-refractivity contribution is -0.137. The summed E-state index contributed by atoms with van der Waals surface area (Å²) >= 11 is 0. The van der Waals surface area contributed by atoms with Gasteiger partial charge in [0, 0.05) is 38.2 Å². The van der Waals surface area contributed by atoms with E-state index < -0.39 is 0 Å². The van der Waals surface area contributed by atoms with Crippen LogP contribution >= 0.6 is 0 Å². The van der Waals surface area contributed by atoms with Crippen LogP contribution in [-0.4, -0.2) is 73.6 Å². The molecule has 2 amide bonds. The molecule has 0 spiro atoms. The molecule has 1 N–H and O–H groups in total. The molecule has 2 saturated heterocycles. The predicted octanol–water partition coefficient (Wildman–Crippen LogP) is 1.78. The fraction of sp³-hybridized carbons (Fsp3) is 0.900. The van der Waals surface area contributed by atoms with Gasteiger partial charge in [-0.15, -0.1) is 0 Å². The summed E-state index contributed by atoms with van der Waals surface area (Å²) in [4.78, 5) is 28.9. The number of carbonyl (C=O) groups is 2. The van der Waals surface area contributed by atoms with Crippen LogP contribution in [0.15, 0.2) is 0 Å². The molecule has 0 aromatic heterocycles. The molecule has 2 heterocycles. The van der Waals surface area contributed by atoms with Gasteiger partial charge in [-0.05, 0) is 51.6 Å². The van der Waals surface area contributed by atoms with Gasteiger partial charge in [0.25, 0.3) is 0 Å². The van der Waals surface area contributed by atoms with Crippen LogP contribution in [0.2, 0.25) is 0 Å². The summed E-state index contributed by atoms with van der Waals surface area (Å²) in [5.41, 5.74) is 0. The topological polar surface area (TPSA) is 61.9 Å². The molecule has 1 aliphatic carbocycles. The van der Waals surface area contributed by atoms with Crippen molar-refractivity contribution in [1.29, 1.82) is 0 Å². The van der Waals surface area contributed by atoms with E-state index in [1.54, 1.807) is 7.11 Å². The van der Waals surface area contributed by atoms with Crippen LogP contribution in [0.4, 0.5) is 0 Å². The Morgan fingerprint density at radius 3 is 2.19 bits per heavy atom. The maximum atomic E-state index is 12.5. The van der Waals surface area contributed by atoms with Gasteiger partial charge in [-0.25, -0.2) is 0 Å². The van der Waals surface area contributed by atoms with Gasteiger partial charge in [0.2, 0.25) is 11.8 Å². The number of carbonyl (C=O) groups excluding carboxylic acids is 2. The Morgan fingerprint density at radius 1 is 0.923 bits per heavy atom. The van der Waals surface area contributed by atoms with E-state index in [0.29, 0.717) is 12.1 Å². The fourth-order valence-electron chi connectivity index (χ4n) is 4.79. The average Bonchev–Trinajstić information content (AvgIpc) is 2.69. The molecule has 2 aliphatic heterocycles. The molecule has 26 heavy (non-hydrogen) atoms. The van der Waals surface area contributed by atoms with Gasteiger partial charge in [-0.1, -0.05) is 19.3 Å². The smallest absolute Gasteiger partial charge is 0.248 e. The second-order valence-electron chi connectivity index (χ2n) is 8.20. The summed E-state index contributed by atoms with van der Waals surface area (Å²) < 4.78 is 4.95. The summed E-state index contributed by atoms with van der Waals surface area (Å²) in [7, 11) is 1.57. The van der Waals surface area contributed by atoms with Gasteiger partial charge in [-0.2, -0.15) is 0 Å². The maximum Gasteiger partial charge on any atom is 0.248 e. The minimum atomic E-state index is 0.101. The zero-order valence-electron chi connectivity index (χ0n) is 16.3. The molecule has 0 aromatic rings. The van der Waals surface area contributed by atoms with E-state index in [1.165, 1.54) is 19.3 Å². The van der Waals surface area contributed by atoms with E-state index in [9.17, 15) is 9.59 Å². The summed E-state index contributed by atoms with van der Waals surface area (Å²) in [6, 6.07) is 0.979. The summed E-state index contributed by atoms with van der Waals surface area (Å²) in [6.45, 7) is 3.87. The first-order valence-electron chi connectivity index (χ1n) is 10.5. The highest BCUT2D eigenvalue weighted by atomic mass is 16.5. The SMILES string of the molecule is COCC(=O)N1CCC(N2CCC(C(=O)NC3CCCCC3)CC2)CC1. The molecule has 3 aliphatic rings. The second kappa shape index (κ2) is 9.70. The molecule has 3 rings (SSSR count). The van der Waals surface area contributed by atoms with Crippen molar-refractivity contribution in [2.75, 3.05) is 39.9 Å². The van der Waals surface area contributed by atoms with E-state index in [0.717, 1.165) is 64.7 Å². The zero-order chi connectivity index (χ0) is 18.4. The van der Waals surface area contributed by atoms with Gasteiger partial charge < -0.3 is 19.9 Å². The third-order valence-corrected chi connectivity index (χ3v) is 6.45. The van der Waals surface area contributed by atoms with Gasteiger partial charge >= 0.3 is 0 Å². The van der Waals surface area contributed by atoms with Crippen LogP contribution in [0.25, 0.3) is 0 Å². The maximum absolute atomic E-state index is 12.5. The first-order valence-corrected chi connectivity index (χ1v) is 10.5. The zero-order valence-corrected chi connectivity index (χ0v) is 16.3. The number of methoxy groups -OCH3 is 1. The van der Waals surface area contributed by atoms with Crippen molar-refractivity contribution in [3.8, 4) is 0 Å². The quantitative estimate of drug-likeness (QED) is 0.807. The third kappa shape index (κ3) is 5.19. The van der Waals surface area contributed by atoms with Crippen molar-refractivity contribution in [3.05, 3.63) is 0 Å². The Hall–Kier alpha value is -1.14. The summed E-state index contributed by atoms with van der Waals surface area (Å²) in [5.74, 6) is 0.581. The van der Waals surface area contributed by atoms with Crippen LogP contribution in [0.1, 0.15) is 57.8 Å². The number of nitrogens with one attached hydrogen (secondary N) is 1. The Morgan fingerprint density at radius 2 is 1.58 bits per heavy atom. The molecular weight excluding hydrogens is 330 g/mol. The second-order valence-corrected chi connectivity index (χ2v) is 8.20. The van der Waals surface area contributed by atoms with Crippen LogP contribution in [-0.2, 0) is 14.3 Å². The number of amides is 2. The molecule has 3 fully saturated rings. The van der Waals surface area contributed by atoms with Gasteiger partial charge in [0.1, 0.15) is 6.61 Å². The van der Waals surface area contributed by atoms with E-state index in [2.05, 4.69) is 10.2 Å². The molecule has 1 saturated carbocycles. The normalized spacial score (nSPS) is 24.6. The number of piperidine rings is 2. The Labute approximate surface area is 157 Å². The molecule has 0 atom stereocenters. The standard InChI is InChI=1S/C20H35N3O3/c1-26-15-19(24)23-13-9-18(10-14-23)22-11-7-16(8-12-22)20(25)21-17-5-3-2-4-6-17/h16-18H,2-15H2,1H3,(H,21,25). The highest BCUT2D eigenvalue weighted by Gasteiger charge is 2.32. The number of nitrogens with zero attached hydrogens (tertiary/aromatic N) is 2. The van der Waals surface area contributed by atoms with E-state index in [-0.39, 0.29) is 24.3 Å². The molecule has 0 aromatic carbocycles. The average molecular weight is 366 g/mol. The largest absolute Gasteiger partial charge is 0.375 e. The Bertz CT molecular complexity index is 463. The fourth-order valence-corrected chi connectivity index (χ4v) is 4.79. The van der Waals surface area contributed by atoms with Crippen LogP contribution in [0, 0.1) is 5.92 Å². The number of rotatable bonds is 5. The van der Waals surface area contributed by atoms with E-state index in [4.69, 9.17) is 4.74 Å². The number of ether oxygens (including phenoxy) is 1. The number of likely N-dealkylation sites (tertiary alicyclic amines) is 2. The molecule has 0 bridgehead atoms. The van der Waals surface area contributed by atoms with Crippen molar-refractivity contribution < 1.29 is 14.3 Å². The monoisotopic (exact) mass is 365 g/mol. The minimum Gasteiger partial charge on any atom is -0.375 e. The van der Waals surface area contributed by atoms with E-state index >= 15 is 0 Å². The van der Waals surface area contributed by atoms with Crippen molar-refractivity contribution in [2.24, 2.45) is 5.92 Å². The summed E-state index contributed by atoms with van der Waals surface area (Å²) in [5, 5.41) is 3.30. The number of hydrogen-bond acceptors (Lipinski definition) is 4. The molecular formula is C20H35N3O3. The molecule has 6 nitrogen and oxygen atoms in total. The first-order chi connectivity index (χ1) is 12.7. The molecule has 6 heteroatoms. The van der Waals surface area contributed by atoms with Crippen molar-refractivity contribution in [2.45, 2.75) is 69.9 Å². The van der Waals surface area contributed by atoms with Gasteiger partial charge in [-0.3, -0.25) is 9.59 Å². The van der Waals surface area contributed by atoms with E-state index in [1.807, 2.05) is 4.90 Å². The van der Waals surface area contributed by atoms with Crippen LogP contribution in [0.3, 0.4) is 0 Å². The van der Waals surface area contributed by atoms with Crippen LogP contribution < -0.4 is 5.32 Å². The number of hydrogen-bond donors (Lipinski definition) is 1. The molecule has 148 valence electrons. The molecule has 0 radical (unpaired) electrons. The lowest BCUT2D eigenvalue weighted by atomic mass is 9.91. The van der Waals surface area contributed by atoms with Crippen molar-refractivity contribution in [1.82, 2.24) is 15.1 Å². The Balaban J connectivity index is 1.37. The third-order valence-electron chi connectivity index (χ3n) is 6.45. The lowest BCUT2D eigenvalue weighted by Crippen LogP contribution is -2.51. The van der Waals surface area contributed by atoms with Gasteiger partial charge in [0.15, 0.2) is 0 Å². The minimum absolute atomic E-state index is 0.101. The van der Waals surface area contributed by atoms with Gasteiger partial charge in [0.05, 0.1) is 0 Å². The van der Waals surface area contributed by atoms with Crippen molar-refractivity contribution in [3.63, 3.8) is 0 Å². The highest BCUT2D eigenvalue weighted by molar-refractivity contribution is 5.79. The summed E-state index contributed by atoms with van der Waals surface area (Å²) in [6.07, 6.45) is 10.2. The Kier molecular flexibility index (Phi) is 7.32. The van der Waals surface area contributed by atoms with Crippen LogP contribution in [0.5, 0.6) is 0 Å². The predicted molar refractivity (Wildman–Crippen MR) is 101 cm³/mol. The van der Waals surface area contributed by atoms with Crippen molar-refractivity contribution >= 4 is 11.8 Å². The highest BCUT2D eigenvalue weighted by Crippen LogP contribution is 2.25.